The summed E-state index contributed by atoms with van der Waals surface area (Å²) in [5.74, 6) is -7.22. The molecule has 17 N–H and O–H groups in total. The summed E-state index contributed by atoms with van der Waals surface area (Å²) in [6, 6.07) is 14.7. The largest absolute Gasteiger partial charge is 0.508 e. The Balaban J connectivity index is 1.56. The van der Waals surface area contributed by atoms with Crippen LogP contribution in [0.5, 0.6) is 5.75 Å². The SMILES string of the molecule is CN(C(=O)[C@H](N)Cc1ccc(O)cc1)[C@@H](Cc1ccccc1)C(=O)N[C@@H](CCC(N)=O)C(=O)N1CCC[C@H]1C(=O)N[C@@H](CCC(N)=O)C(=O)N[C@@H](CCCN=C(N)N)C(=O)N[C@@H](Cc1ccccc1)C(N)=O. The maximum Gasteiger partial charge on any atom is 0.245 e. The van der Waals surface area contributed by atoms with Gasteiger partial charge in [-0.2, -0.15) is 0 Å². The second-order valence-electron chi connectivity index (χ2n) is 17.6. The smallest absolute Gasteiger partial charge is 0.245 e. The first-order valence-electron chi connectivity index (χ1n) is 23.5. The van der Waals surface area contributed by atoms with Crippen molar-refractivity contribution in [3.63, 3.8) is 0 Å². The summed E-state index contributed by atoms with van der Waals surface area (Å²) in [6.07, 6.45) is -0.655. The topological polar surface area (TPSA) is 397 Å². The number of primary amides is 3. The number of rotatable bonds is 28. The van der Waals surface area contributed by atoms with Gasteiger partial charge < -0.3 is 70.6 Å². The molecule has 0 bridgehead atoms. The predicted molar refractivity (Wildman–Crippen MR) is 265 cm³/mol. The van der Waals surface area contributed by atoms with Gasteiger partial charge in [0.15, 0.2) is 5.96 Å². The number of hydrogen-bond acceptors (Lipinski definition) is 12. The van der Waals surface area contributed by atoms with E-state index in [0.717, 1.165) is 0 Å². The van der Waals surface area contributed by atoms with E-state index in [4.69, 9.17) is 34.4 Å². The maximum absolute atomic E-state index is 14.5. The van der Waals surface area contributed by atoms with Gasteiger partial charge in [0.05, 0.1) is 6.04 Å². The van der Waals surface area contributed by atoms with Crippen LogP contribution in [-0.4, -0.2) is 136 Å². The Morgan fingerprint density at radius 1 is 0.653 bits per heavy atom. The van der Waals surface area contributed by atoms with Gasteiger partial charge >= 0.3 is 0 Å². The van der Waals surface area contributed by atoms with E-state index in [1.54, 1.807) is 72.8 Å². The number of likely N-dealkylation sites (N-methyl/N-ethyl adjacent to an activating group) is 1. The zero-order valence-corrected chi connectivity index (χ0v) is 40.2. The highest BCUT2D eigenvalue weighted by Gasteiger charge is 2.41. The van der Waals surface area contributed by atoms with E-state index < -0.39 is 95.5 Å². The quantitative estimate of drug-likeness (QED) is 0.0205. The molecule has 1 aliphatic rings. The number of carbonyl (C=O) groups is 9. The number of nitrogens with one attached hydrogen (secondary N) is 4. The highest BCUT2D eigenvalue weighted by molar-refractivity contribution is 5.98. The molecule has 9 amide bonds. The van der Waals surface area contributed by atoms with Gasteiger partial charge in [0.1, 0.15) is 42.0 Å². The summed E-state index contributed by atoms with van der Waals surface area (Å²) in [6.45, 7) is 0.0935. The minimum atomic E-state index is -1.48. The molecule has 0 saturated carbocycles. The average molecular weight is 998 g/mol. The fourth-order valence-corrected chi connectivity index (χ4v) is 8.16. The minimum absolute atomic E-state index is 0.000724. The van der Waals surface area contributed by atoms with Crippen molar-refractivity contribution in [3.05, 3.63) is 102 Å². The summed E-state index contributed by atoms with van der Waals surface area (Å²) >= 11 is 0. The average Bonchev–Trinajstić information content (AvgIpc) is 3.85. The monoisotopic (exact) mass is 998 g/mol. The van der Waals surface area contributed by atoms with E-state index >= 15 is 0 Å². The first kappa shape index (κ1) is 56.5. The van der Waals surface area contributed by atoms with Crippen LogP contribution in [-0.2, 0) is 62.4 Å². The third kappa shape index (κ3) is 18.0. The fourth-order valence-electron chi connectivity index (χ4n) is 8.16. The highest BCUT2D eigenvalue weighted by atomic mass is 16.3. The summed E-state index contributed by atoms with van der Waals surface area (Å²) in [5, 5.41) is 20.2. The van der Waals surface area contributed by atoms with E-state index in [9.17, 15) is 48.3 Å². The summed E-state index contributed by atoms with van der Waals surface area (Å²) in [5.41, 5.74) is 35.9. The van der Waals surface area contributed by atoms with E-state index in [2.05, 4.69) is 26.3 Å². The lowest BCUT2D eigenvalue weighted by atomic mass is 10.0. The second kappa shape index (κ2) is 27.9. The van der Waals surface area contributed by atoms with E-state index in [1.807, 2.05) is 0 Å². The molecule has 23 nitrogen and oxygen atoms in total. The number of aliphatic imine (C=N–C) groups is 1. The maximum atomic E-state index is 14.5. The number of guanidine groups is 1. The standard InChI is InChI=1S/C49H67N13O10/c1-61(47(71)33(50)26-31-16-18-32(63)19-17-31)39(28-30-12-6-3-7-13-30)46(70)59-36(21-23-41(52)65)48(72)62-25-9-15-38(62)45(69)58-35(20-22-40(51)64)44(68)57-34(14-8-24-56-49(54)55)43(67)60-37(42(53)66)27-29-10-4-2-5-11-29/h2-7,10-13,16-19,33-39,63H,8-9,14-15,20-28,50H2,1H3,(H2,51,64)(H2,52,65)(H2,53,66)(H,57,68)(H,58,69)(H,59,70)(H,60,67)(H4,54,55,56)/t33-,34+,35+,36+,37+,38+,39+/m1/s1. The first-order chi connectivity index (χ1) is 34.2. The number of nitrogens with zero attached hydrogens (tertiary/aromatic N) is 3. The van der Waals surface area contributed by atoms with E-state index in [1.165, 1.54) is 29.0 Å². The van der Waals surface area contributed by atoms with Gasteiger partial charge in [-0.3, -0.25) is 48.1 Å². The van der Waals surface area contributed by atoms with Gasteiger partial charge in [-0.25, -0.2) is 0 Å². The molecular weight excluding hydrogens is 931 g/mol. The van der Waals surface area contributed by atoms with Crippen LogP contribution in [0.15, 0.2) is 89.9 Å². The molecular formula is C49H67N13O10. The molecule has 0 aromatic heterocycles. The predicted octanol–water partition coefficient (Wildman–Crippen LogP) is -2.43. The Hall–Kier alpha value is -8.08. The molecule has 4 rings (SSSR count). The van der Waals surface area contributed by atoms with Crippen LogP contribution >= 0.6 is 0 Å². The lowest BCUT2D eigenvalue weighted by Gasteiger charge is -2.33. The number of likely N-dealkylation sites (tertiary alicyclic amines) is 1. The number of phenols is 1. The molecule has 0 aliphatic carbocycles. The molecule has 3 aromatic carbocycles. The van der Waals surface area contributed by atoms with Crippen molar-refractivity contribution in [1.82, 2.24) is 31.1 Å². The Morgan fingerprint density at radius 2 is 1.17 bits per heavy atom. The van der Waals surface area contributed by atoms with Crippen molar-refractivity contribution in [1.29, 1.82) is 0 Å². The van der Waals surface area contributed by atoms with Gasteiger partial charge in [-0.15, -0.1) is 0 Å². The molecule has 1 aliphatic heterocycles. The summed E-state index contributed by atoms with van der Waals surface area (Å²) in [7, 11) is 1.41. The van der Waals surface area contributed by atoms with Crippen molar-refractivity contribution in [3.8, 4) is 5.75 Å². The van der Waals surface area contributed by atoms with E-state index in [-0.39, 0.29) is 89.0 Å². The molecule has 0 spiro atoms. The van der Waals surface area contributed by atoms with Gasteiger partial charge in [-0.05, 0) is 73.8 Å². The van der Waals surface area contributed by atoms with Gasteiger partial charge in [0.25, 0.3) is 0 Å². The lowest BCUT2D eigenvalue weighted by Crippen LogP contribution is -2.60. The lowest BCUT2D eigenvalue weighted by molar-refractivity contribution is -0.144. The summed E-state index contributed by atoms with van der Waals surface area (Å²) in [4.78, 5) is 128. The van der Waals surface area contributed by atoms with Crippen LogP contribution in [0.4, 0.5) is 0 Å². The van der Waals surface area contributed by atoms with Crippen LogP contribution in [0, 0.1) is 0 Å². The number of aromatic hydroxyl groups is 1. The molecule has 1 heterocycles. The van der Waals surface area contributed by atoms with Gasteiger partial charge in [0.2, 0.25) is 53.2 Å². The van der Waals surface area contributed by atoms with Crippen LogP contribution in [0.2, 0.25) is 0 Å². The van der Waals surface area contributed by atoms with Crippen molar-refractivity contribution in [2.24, 2.45) is 39.4 Å². The molecule has 1 fully saturated rings. The third-order valence-electron chi connectivity index (χ3n) is 12.1. The number of nitrogens with two attached hydrogens (primary N) is 6. The van der Waals surface area contributed by atoms with Gasteiger partial charge in [-0.1, -0.05) is 72.8 Å². The number of carbonyl (C=O) groups excluding carboxylic acids is 9. The van der Waals surface area contributed by atoms with Crippen LogP contribution in [0.1, 0.15) is 68.1 Å². The Kier molecular flexibility index (Phi) is 21.9. The molecule has 23 heteroatoms. The zero-order chi connectivity index (χ0) is 52.9. The second-order valence-corrected chi connectivity index (χ2v) is 17.6. The molecule has 3 aromatic rings. The van der Waals surface area contributed by atoms with Crippen molar-refractivity contribution in [2.45, 2.75) is 113 Å². The number of phenolic OH excluding ortho intramolecular Hbond substituents is 1. The van der Waals surface area contributed by atoms with Gasteiger partial charge in [0, 0.05) is 45.8 Å². The first-order valence-corrected chi connectivity index (χ1v) is 23.5. The highest BCUT2D eigenvalue weighted by Crippen LogP contribution is 2.22. The Morgan fingerprint density at radius 3 is 1.72 bits per heavy atom. The van der Waals surface area contributed by atoms with Crippen molar-refractivity contribution >= 4 is 59.1 Å². The normalized spacial score (nSPS) is 15.5. The van der Waals surface area contributed by atoms with Crippen LogP contribution in [0.25, 0.3) is 0 Å². The molecule has 0 unspecified atom stereocenters. The number of hydrogen-bond donors (Lipinski definition) is 11. The molecule has 72 heavy (non-hydrogen) atoms. The molecule has 1 saturated heterocycles. The van der Waals surface area contributed by atoms with Crippen molar-refractivity contribution in [2.75, 3.05) is 20.1 Å². The Bertz CT molecular complexity index is 2390. The molecule has 7 atom stereocenters. The summed E-state index contributed by atoms with van der Waals surface area (Å²) < 4.78 is 0. The zero-order valence-electron chi connectivity index (χ0n) is 40.2. The minimum Gasteiger partial charge on any atom is -0.508 e. The van der Waals surface area contributed by atoms with Crippen LogP contribution in [0.3, 0.4) is 0 Å². The fraction of sp³-hybridized carbons (Fsp3) is 0.429. The van der Waals surface area contributed by atoms with E-state index in [0.29, 0.717) is 23.1 Å². The molecule has 0 radical (unpaired) electrons. The number of amides is 9. The molecule has 388 valence electrons. The number of benzene rings is 3. The van der Waals surface area contributed by atoms with Crippen LogP contribution < -0.4 is 55.7 Å². The van der Waals surface area contributed by atoms with Crippen molar-refractivity contribution < 1.29 is 48.3 Å². The third-order valence-corrected chi connectivity index (χ3v) is 12.1. The Labute approximate surface area is 417 Å².